The van der Waals surface area contributed by atoms with Crippen LogP contribution in [0.15, 0.2) is 54.1 Å². The van der Waals surface area contributed by atoms with Crippen LogP contribution in [-0.4, -0.2) is 83.3 Å². The Balaban J connectivity index is 1.46. The first kappa shape index (κ1) is 30.1. The van der Waals surface area contributed by atoms with Gasteiger partial charge in [-0.25, -0.2) is 0 Å². The lowest BCUT2D eigenvalue weighted by Crippen LogP contribution is -2.56. The molecule has 2 aromatic carbocycles. The second-order valence-electron chi connectivity index (χ2n) is 10.6. The van der Waals surface area contributed by atoms with Crippen LogP contribution in [0.1, 0.15) is 35.3 Å². The zero-order valence-corrected chi connectivity index (χ0v) is 25.4. The molecule has 11 heteroatoms. The fraction of sp³-hybridized carbons (Fsp3) is 0.387. The second kappa shape index (κ2) is 13.3. The molecule has 3 unspecified atom stereocenters. The minimum atomic E-state index is -1.16. The highest BCUT2D eigenvalue weighted by Gasteiger charge is 2.44. The topological polar surface area (TPSA) is 141 Å². The van der Waals surface area contributed by atoms with Crippen LogP contribution in [-0.2, 0) is 16.0 Å². The Bertz CT molecular complexity index is 1470. The summed E-state index contributed by atoms with van der Waals surface area (Å²) in [6.45, 7) is 0.191. The van der Waals surface area contributed by atoms with Gasteiger partial charge in [-0.2, -0.15) is 0 Å². The number of halogens is 1. The van der Waals surface area contributed by atoms with E-state index >= 15 is 0 Å². The molecule has 42 heavy (non-hydrogen) atoms. The van der Waals surface area contributed by atoms with E-state index in [-0.39, 0.29) is 31.4 Å². The fourth-order valence-electron chi connectivity index (χ4n) is 5.35. The Labute approximate surface area is 257 Å². The zero-order valence-electron chi connectivity index (χ0n) is 23.2. The smallest absolute Gasteiger partial charge is 0.247 e. The molecule has 0 bridgehead atoms. The van der Waals surface area contributed by atoms with Crippen molar-refractivity contribution in [3.8, 4) is 11.5 Å². The molecule has 222 valence electrons. The number of hydrogen-bond acceptors (Lipinski definition) is 7. The molecule has 0 aliphatic heterocycles. The summed E-state index contributed by atoms with van der Waals surface area (Å²) in [6, 6.07) is 12.5. The van der Waals surface area contributed by atoms with E-state index in [1.54, 1.807) is 23.1 Å². The van der Waals surface area contributed by atoms with Gasteiger partial charge in [0.2, 0.25) is 11.8 Å². The highest BCUT2D eigenvalue weighted by molar-refractivity contribution is 14.1. The van der Waals surface area contributed by atoms with Gasteiger partial charge in [-0.15, -0.1) is 0 Å². The molecule has 0 saturated heterocycles. The molecule has 1 heterocycles. The molecule has 1 fully saturated rings. The Kier molecular flexibility index (Phi) is 9.49. The maximum absolute atomic E-state index is 13.6. The van der Waals surface area contributed by atoms with Crippen molar-refractivity contribution in [1.82, 2.24) is 15.2 Å². The predicted octanol–water partition coefficient (Wildman–Crippen LogP) is 2.99. The maximum atomic E-state index is 13.6. The number of aliphatic hydroxyl groups excluding tert-OH is 2. The van der Waals surface area contributed by atoms with E-state index in [9.17, 15) is 24.6 Å². The predicted molar refractivity (Wildman–Crippen MR) is 165 cm³/mol. The van der Waals surface area contributed by atoms with Gasteiger partial charge in [0.05, 0.1) is 23.3 Å². The number of fused-ring (bicyclic) bond motifs is 1. The summed E-state index contributed by atoms with van der Waals surface area (Å²) >= 11 is 2.03. The van der Waals surface area contributed by atoms with Crippen molar-refractivity contribution in [2.45, 2.75) is 43.9 Å². The third kappa shape index (κ3) is 6.63. The number of aromatic nitrogens is 1. The number of amides is 2. The molecule has 4 N–H and O–H groups in total. The van der Waals surface area contributed by atoms with E-state index in [4.69, 9.17) is 9.47 Å². The molecule has 1 saturated carbocycles. The lowest BCUT2D eigenvalue weighted by molar-refractivity contribution is -0.139. The Morgan fingerprint density at radius 1 is 1.21 bits per heavy atom. The average Bonchev–Trinajstić information content (AvgIpc) is 3.77. The number of aldehydes is 1. The third-order valence-corrected chi connectivity index (χ3v) is 8.48. The highest BCUT2D eigenvalue weighted by Crippen LogP contribution is 2.38. The molecule has 2 aliphatic rings. The van der Waals surface area contributed by atoms with Crippen molar-refractivity contribution in [2.75, 3.05) is 26.8 Å². The monoisotopic (exact) mass is 687 g/mol. The number of benzene rings is 2. The van der Waals surface area contributed by atoms with E-state index in [2.05, 4.69) is 16.4 Å². The van der Waals surface area contributed by atoms with Crippen LogP contribution in [0.25, 0.3) is 10.9 Å². The SMILES string of the molecule is COc1cc(C=O)cc(I)c1OC1C=C(C(=O)NCCO)CC(N(CCc2cc3ccccc3[nH]2)C(=O)C2CC2)C1O. The number of methoxy groups -OCH3 is 1. The first-order valence-corrected chi connectivity index (χ1v) is 15.0. The van der Waals surface area contributed by atoms with E-state index in [0.717, 1.165) is 29.4 Å². The van der Waals surface area contributed by atoms with E-state index in [1.807, 2.05) is 46.9 Å². The number of carbonyl (C=O) groups is 3. The van der Waals surface area contributed by atoms with Gasteiger partial charge < -0.3 is 34.9 Å². The average molecular weight is 688 g/mol. The van der Waals surface area contributed by atoms with Crippen LogP contribution in [0.4, 0.5) is 0 Å². The molecule has 3 atom stereocenters. The minimum Gasteiger partial charge on any atom is -0.493 e. The summed E-state index contributed by atoms with van der Waals surface area (Å²) in [5.74, 6) is 0.0739. The highest BCUT2D eigenvalue weighted by atomic mass is 127. The van der Waals surface area contributed by atoms with Gasteiger partial charge in [0.25, 0.3) is 0 Å². The minimum absolute atomic E-state index is 0.0478. The van der Waals surface area contributed by atoms with Crippen LogP contribution in [0.5, 0.6) is 11.5 Å². The van der Waals surface area contributed by atoms with Gasteiger partial charge in [0, 0.05) is 54.2 Å². The lowest BCUT2D eigenvalue weighted by atomic mass is 9.87. The number of carbonyl (C=O) groups excluding carboxylic acids is 3. The lowest BCUT2D eigenvalue weighted by Gasteiger charge is -2.41. The van der Waals surface area contributed by atoms with Crippen molar-refractivity contribution in [2.24, 2.45) is 5.92 Å². The van der Waals surface area contributed by atoms with Crippen molar-refractivity contribution >= 4 is 51.6 Å². The summed E-state index contributed by atoms with van der Waals surface area (Å²) in [4.78, 5) is 43.2. The first-order valence-electron chi connectivity index (χ1n) is 14.0. The van der Waals surface area contributed by atoms with E-state index in [1.165, 1.54) is 7.11 Å². The number of rotatable bonds is 12. The molecule has 0 spiro atoms. The number of nitrogens with one attached hydrogen (secondary N) is 2. The van der Waals surface area contributed by atoms with E-state index in [0.29, 0.717) is 45.5 Å². The van der Waals surface area contributed by atoms with Crippen molar-refractivity contribution in [1.29, 1.82) is 0 Å². The van der Waals surface area contributed by atoms with Crippen LogP contribution in [0.2, 0.25) is 0 Å². The quantitative estimate of drug-likeness (QED) is 0.170. The molecule has 5 rings (SSSR count). The normalized spacial score (nSPS) is 20.1. The Morgan fingerprint density at radius 3 is 2.69 bits per heavy atom. The molecule has 3 aromatic rings. The molecular weight excluding hydrogens is 653 g/mol. The standard InChI is InChI=1S/C31H34IN3O7/c1-41-27-13-18(17-37)12-23(32)29(27)42-26-16-21(30(39)33-9-11-36)15-25(28(26)38)35(31(40)19-6-7-19)10-8-22-14-20-4-2-3-5-24(20)34-22/h2-5,12-14,16-17,19,25-26,28,34,36,38H,6-11,15H2,1H3,(H,33,39). The van der Waals surface area contributed by atoms with Gasteiger partial charge in [-0.1, -0.05) is 18.2 Å². The number of para-hydroxylation sites is 1. The summed E-state index contributed by atoms with van der Waals surface area (Å²) in [6.07, 6.45) is 2.37. The van der Waals surface area contributed by atoms with Gasteiger partial charge >= 0.3 is 0 Å². The number of aliphatic hydroxyl groups is 2. The van der Waals surface area contributed by atoms with Gasteiger partial charge in [-0.3, -0.25) is 14.4 Å². The van der Waals surface area contributed by atoms with E-state index < -0.39 is 24.2 Å². The fourth-order valence-corrected chi connectivity index (χ4v) is 6.10. The summed E-state index contributed by atoms with van der Waals surface area (Å²) < 4.78 is 12.4. The summed E-state index contributed by atoms with van der Waals surface area (Å²) in [5.41, 5.74) is 2.73. The van der Waals surface area contributed by atoms with Crippen molar-refractivity contribution in [3.05, 3.63) is 68.9 Å². The van der Waals surface area contributed by atoms with Crippen LogP contribution in [0, 0.1) is 9.49 Å². The van der Waals surface area contributed by atoms with Gasteiger partial charge in [-0.05, 0) is 71.2 Å². The molecule has 2 amide bonds. The number of hydrogen-bond donors (Lipinski definition) is 4. The molecule has 1 aromatic heterocycles. The van der Waals surface area contributed by atoms with Gasteiger partial charge in [0.1, 0.15) is 18.5 Å². The number of aromatic amines is 1. The summed E-state index contributed by atoms with van der Waals surface area (Å²) in [7, 11) is 1.45. The molecule has 10 nitrogen and oxygen atoms in total. The molecule has 2 aliphatic carbocycles. The zero-order chi connectivity index (χ0) is 29.8. The Morgan fingerprint density at radius 2 is 2.00 bits per heavy atom. The first-order chi connectivity index (χ1) is 20.3. The number of nitrogens with zero attached hydrogens (tertiary/aromatic N) is 1. The van der Waals surface area contributed by atoms with Crippen LogP contribution in [0.3, 0.4) is 0 Å². The van der Waals surface area contributed by atoms with Crippen LogP contribution >= 0.6 is 22.6 Å². The van der Waals surface area contributed by atoms with Crippen LogP contribution < -0.4 is 14.8 Å². The van der Waals surface area contributed by atoms with Crippen molar-refractivity contribution < 1.29 is 34.1 Å². The van der Waals surface area contributed by atoms with Gasteiger partial charge in [0.15, 0.2) is 11.5 Å². The largest absolute Gasteiger partial charge is 0.493 e. The Hall–Kier alpha value is -3.42. The molecular formula is C31H34IN3O7. The number of H-pyrrole nitrogens is 1. The third-order valence-electron chi connectivity index (χ3n) is 7.67. The maximum Gasteiger partial charge on any atom is 0.247 e. The second-order valence-corrected chi connectivity index (χ2v) is 11.8. The number of ether oxygens (including phenoxy) is 2. The summed E-state index contributed by atoms with van der Waals surface area (Å²) in [5, 5.41) is 24.7. The molecule has 0 radical (unpaired) electrons. The van der Waals surface area contributed by atoms with Crippen molar-refractivity contribution in [3.63, 3.8) is 0 Å².